The van der Waals surface area contributed by atoms with Crippen LogP contribution in [-0.2, 0) is 6.42 Å². The molecule has 2 aliphatic rings. The summed E-state index contributed by atoms with van der Waals surface area (Å²) in [5.41, 5.74) is 4.50. The number of methoxy groups -OCH3 is 1. The molecule has 0 spiro atoms. The maximum atomic E-state index is 13.1. The van der Waals surface area contributed by atoms with Gasteiger partial charge in [-0.2, -0.15) is 0 Å². The monoisotopic (exact) mass is 350 g/mol. The highest BCUT2D eigenvalue weighted by Crippen LogP contribution is 2.33. The second-order valence-electron chi connectivity index (χ2n) is 7.23. The van der Waals surface area contributed by atoms with E-state index in [-0.39, 0.29) is 11.9 Å². The Kier molecular flexibility index (Phi) is 4.58. The van der Waals surface area contributed by atoms with Crippen molar-refractivity contribution in [2.75, 3.05) is 31.6 Å². The van der Waals surface area contributed by atoms with E-state index in [9.17, 15) is 4.79 Å². The minimum absolute atomic E-state index is 0.0791. The molecule has 26 heavy (non-hydrogen) atoms. The molecular weight excluding hydrogens is 324 g/mol. The average molecular weight is 350 g/mol. The summed E-state index contributed by atoms with van der Waals surface area (Å²) in [4.78, 5) is 17.4. The third-order valence-corrected chi connectivity index (χ3v) is 5.74. The van der Waals surface area contributed by atoms with Crippen LogP contribution in [0.25, 0.3) is 0 Å². The molecular formula is C22H26N2O2. The molecule has 1 fully saturated rings. The van der Waals surface area contributed by atoms with Gasteiger partial charge in [-0.05, 0) is 73.7 Å². The SMILES string of the molecule is COc1ccc2c(c1)CCN(C(=O)c1ccc(N3CCCC3)cc1)C2C. The number of carbonyl (C=O) groups is 1. The van der Waals surface area contributed by atoms with Crippen LogP contribution in [0, 0.1) is 0 Å². The molecule has 0 aromatic heterocycles. The second kappa shape index (κ2) is 7.02. The van der Waals surface area contributed by atoms with Crippen molar-refractivity contribution < 1.29 is 9.53 Å². The van der Waals surface area contributed by atoms with Crippen LogP contribution in [0.1, 0.15) is 47.3 Å². The average Bonchev–Trinajstić information content (AvgIpc) is 3.22. The molecule has 2 aromatic rings. The van der Waals surface area contributed by atoms with E-state index in [4.69, 9.17) is 4.74 Å². The summed E-state index contributed by atoms with van der Waals surface area (Å²) in [6, 6.07) is 14.4. The van der Waals surface area contributed by atoms with E-state index in [2.05, 4.69) is 36.1 Å². The molecule has 1 unspecified atom stereocenters. The molecule has 2 heterocycles. The molecule has 1 atom stereocenters. The first-order valence-corrected chi connectivity index (χ1v) is 9.50. The molecule has 0 bridgehead atoms. The number of ether oxygens (including phenoxy) is 1. The fourth-order valence-electron chi connectivity index (χ4n) is 4.17. The van der Waals surface area contributed by atoms with Crippen LogP contribution >= 0.6 is 0 Å². The van der Waals surface area contributed by atoms with E-state index in [0.29, 0.717) is 0 Å². The van der Waals surface area contributed by atoms with Gasteiger partial charge in [-0.25, -0.2) is 0 Å². The second-order valence-corrected chi connectivity index (χ2v) is 7.23. The highest BCUT2D eigenvalue weighted by atomic mass is 16.5. The zero-order chi connectivity index (χ0) is 18.1. The lowest BCUT2D eigenvalue weighted by atomic mass is 9.92. The van der Waals surface area contributed by atoms with Gasteiger partial charge < -0.3 is 14.5 Å². The predicted molar refractivity (Wildman–Crippen MR) is 104 cm³/mol. The zero-order valence-electron chi connectivity index (χ0n) is 15.6. The highest BCUT2D eigenvalue weighted by Gasteiger charge is 2.28. The Bertz CT molecular complexity index is 794. The topological polar surface area (TPSA) is 32.8 Å². The Morgan fingerprint density at radius 1 is 1.04 bits per heavy atom. The summed E-state index contributed by atoms with van der Waals surface area (Å²) < 4.78 is 5.33. The fraction of sp³-hybridized carbons (Fsp3) is 0.409. The Morgan fingerprint density at radius 2 is 1.77 bits per heavy atom. The molecule has 136 valence electrons. The van der Waals surface area contributed by atoms with Gasteiger partial charge in [0.05, 0.1) is 13.2 Å². The van der Waals surface area contributed by atoms with Gasteiger partial charge in [-0.1, -0.05) is 6.07 Å². The van der Waals surface area contributed by atoms with Gasteiger partial charge in [0, 0.05) is 30.9 Å². The van der Waals surface area contributed by atoms with Crippen molar-refractivity contribution in [2.24, 2.45) is 0 Å². The van der Waals surface area contributed by atoms with Gasteiger partial charge in [0.25, 0.3) is 5.91 Å². The van der Waals surface area contributed by atoms with Crippen molar-refractivity contribution in [3.8, 4) is 5.75 Å². The van der Waals surface area contributed by atoms with Crippen molar-refractivity contribution in [3.05, 3.63) is 59.2 Å². The third-order valence-electron chi connectivity index (χ3n) is 5.74. The van der Waals surface area contributed by atoms with E-state index in [1.165, 1.54) is 29.7 Å². The Morgan fingerprint density at radius 3 is 2.46 bits per heavy atom. The van der Waals surface area contributed by atoms with E-state index in [0.717, 1.165) is 37.4 Å². The van der Waals surface area contributed by atoms with Crippen molar-refractivity contribution in [1.29, 1.82) is 0 Å². The lowest BCUT2D eigenvalue weighted by molar-refractivity contribution is 0.0677. The number of rotatable bonds is 3. The number of anilines is 1. The number of fused-ring (bicyclic) bond motifs is 1. The highest BCUT2D eigenvalue weighted by molar-refractivity contribution is 5.95. The molecule has 4 rings (SSSR count). The van der Waals surface area contributed by atoms with E-state index in [1.54, 1.807) is 7.11 Å². The third kappa shape index (κ3) is 3.05. The molecule has 0 aliphatic carbocycles. The van der Waals surface area contributed by atoms with Gasteiger partial charge in [0.15, 0.2) is 0 Å². The molecule has 2 aliphatic heterocycles. The smallest absolute Gasteiger partial charge is 0.254 e. The van der Waals surface area contributed by atoms with Gasteiger partial charge >= 0.3 is 0 Å². The van der Waals surface area contributed by atoms with Gasteiger partial charge in [0.1, 0.15) is 5.75 Å². The molecule has 2 aromatic carbocycles. The first-order chi connectivity index (χ1) is 12.7. The van der Waals surface area contributed by atoms with Crippen LogP contribution in [-0.4, -0.2) is 37.6 Å². The molecule has 1 amide bonds. The zero-order valence-corrected chi connectivity index (χ0v) is 15.6. The summed E-state index contributed by atoms with van der Waals surface area (Å²) in [6.07, 6.45) is 3.39. The number of hydrogen-bond acceptors (Lipinski definition) is 3. The van der Waals surface area contributed by atoms with Crippen LogP contribution < -0.4 is 9.64 Å². The number of amides is 1. The van der Waals surface area contributed by atoms with E-state index >= 15 is 0 Å². The van der Waals surface area contributed by atoms with Crippen LogP contribution in [0.15, 0.2) is 42.5 Å². The number of carbonyl (C=O) groups excluding carboxylic acids is 1. The lowest BCUT2D eigenvalue weighted by Gasteiger charge is -2.35. The lowest BCUT2D eigenvalue weighted by Crippen LogP contribution is -2.38. The summed E-state index contributed by atoms with van der Waals surface area (Å²) in [5, 5.41) is 0. The number of hydrogen-bond donors (Lipinski definition) is 0. The molecule has 0 N–H and O–H groups in total. The van der Waals surface area contributed by atoms with E-state index < -0.39 is 0 Å². The molecule has 4 heteroatoms. The minimum Gasteiger partial charge on any atom is -0.497 e. The van der Waals surface area contributed by atoms with Crippen molar-refractivity contribution in [2.45, 2.75) is 32.2 Å². The molecule has 0 radical (unpaired) electrons. The molecule has 1 saturated heterocycles. The standard InChI is InChI=1S/C22H26N2O2/c1-16-21-10-9-20(26-2)15-18(21)11-14-24(16)22(25)17-5-7-19(8-6-17)23-12-3-4-13-23/h5-10,15-16H,3-4,11-14H2,1-2H3. The van der Waals surface area contributed by atoms with Crippen LogP contribution in [0.2, 0.25) is 0 Å². The number of benzene rings is 2. The summed E-state index contributed by atoms with van der Waals surface area (Å²) in [6.45, 7) is 5.10. The Hall–Kier alpha value is -2.49. The van der Waals surface area contributed by atoms with Crippen molar-refractivity contribution in [3.63, 3.8) is 0 Å². The Labute approximate surface area is 155 Å². The largest absolute Gasteiger partial charge is 0.497 e. The van der Waals surface area contributed by atoms with Crippen LogP contribution in [0.4, 0.5) is 5.69 Å². The van der Waals surface area contributed by atoms with Gasteiger partial charge in [-0.15, -0.1) is 0 Å². The van der Waals surface area contributed by atoms with Gasteiger partial charge in [-0.3, -0.25) is 4.79 Å². The van der Waals surface area contributed by atoms with Crippen molar-refractivity contribution in [1.82, 2.24) is 4.90 Å². The van der Waals surface area contributed by atoms with Crippen LogP contribution in [0.5, 0.6) is 5.75 Å². The first-order valence-electron chi connectivity index (χ1n) is 9.50. The van der Waals surface area contributed by atoms with Gasteiger partial charge in [0.2, 0.25) is 0 Å². The quantitative estimate of drug-likeness (QED) is 0.837. The summed E-state index contributed by atoms with van der Waals surface area (Å²) in [5.74, 6) is 1.00. The summed E-state index contributed by atoms with van der Waals surface area (Å²) >= 11 is 0. The Balaban J connectivity index is 1.52. The van der Waals surface area contributed by atoms with E-state index in [1.807, 2.05) is 23.1 Å². The molecule has 4 nitrogen and oxygen atoms in total. The summed E-state index contributed by atoms with van der Waals surface area (Å²) in [7, 11) is 1.69. The molecule has 0 saturated carbocycles. The maximum absolute atomic E-state index is 13.1. The minimum atomic E-state index is 0.0791. The van der Waals surface area contributed by atoms with Crippen LogP contribution in [0.3, 0.4) is 0 Å². The maximum Gasteiger partial charge on any atom is 0.254 e. The van der Waals surface area contributed by atoms with Crippen molar-refractivity contribution >= 4 is 11.6 Å². The number of nitrogens with zero attached hydrogens (tertiary/aromatic N) is 2. The fourth-order valence-corrected chi connectivity index (χ4v) is 4.17. The first kappa shape index (κ1) is 17.0. The predicted octanol–water partition coefficient (Wildman–Crippen LogP) is 4.05. The normalized spacial score (nSPS) is 19.4.